The molecule has 2 heteroatoms. The SMILES string of the molecule is CC#CCOCC1CCCNC1. The zero-order chi connectivity index (χ0) is 8.65. The van der Waals surface area contributed by atoms with Crippen molar-refractivity contribution in [3.05, 3.63) is 0 Å². The molecule has 12 heavy (non-hydrogen) atoms. The summed E-state index contributed by atoms with van der Waals surface area (Å²) < 4.78 is 5.40. The molecule has 0 saturated carbocycles. The van der Waals surface area contributed by atoms with Crippen LogP contribution in [0.5, 0.6) is 0 Å². The Bertz CT molecular complexity index is 162. The van der Waals surface area contributed by atoms with Crippen molar-refractivity contribution in [3.63, 3.8) is 0 Å². The first kappa shape index (κ1) is 9.57. The van der Waals surface area contributed by atoms with Crippen molar-refractivity contribution in [2.75, 3.05) is 26.3 Å². The van der Waals surface area contributed by atoms with E-state index in [4.69, 9.17) is 4.74 Å². The highest BCUT2D eigenvalue weighted by Crippen LogP contribution is 2.09. The molecule has 0 aromatic carbocycles. The lowest BCUT2D eigenvalue weighted by Crippen LogP contribution is -2.32. The van der Waals surface area contributed by atoms with Crippen LogP contribution in [0.4, 0.5) is 0 Å². The minimum Gasteiger partial charge on any atom is -0.368 e. The number of hydrogen-bond donors (Lipinski definition) is 1. The fourth-order valence-electron chi connectivity index (χ4n) is 1.42. The Morgan fingerprint density at radius 3 is 3.17 bits per heavy atom. The highest BCUT2D eigenvalue weighted by atomic mass is 16.5. The van der Waals surface area contributed by atoms with Gasteiger partial charge in [-0.3, -0.25) is 0 Å². The zero-order valence-corrected chi connectivity index (χ0v) is 7.73. The lowest BCUT2D eigenvalue weighted by Gasteiger charge is -2.21. The molecule has 0 aliphatic carbocycles. The summed E-state index contributed by atoms with van der Waals surface area (Å²) in [5.74, 6) is 6.42. The van der Waals surface area contributed by atoms with Crippen molar-refractivity contribution in [2.24, 2.45) is 5.92 Å². The van der Waals surface area contributed by atoms with Gasteiger partial charge in [0.1, 0.15) is 6.61 Å². The monoisotopic (exact) mass is 167 g/mol. The molecule has 1 atom stereocenters. The maximum Gasteiger partial charge on any atom is 0.107 e. The predicted molar refractivity (Wildman–Crippen MR) is 49.9 cm³/mol. The molecule has 1 aliphatic heterocycles. The smallest absolute Gasteiger partial charge is 0.107 e. The summed E-state index contributed by atoms with van der Waals surface area (Å²) in [6, 6.07) is 0. The number of rotatable bonds is 3. The van der Waals surface area contributed by atoms with E-state index >= 15 is 0 Å². The lowest BCUT2D eigenvalue weighted by atomic mass is 10.0. The van der Waals surface area contributed by atoms with Crippen LogP contribution in [0, 0.1) is 17.8 Å². The van der Waals surface area contributed by atoms with Crippen LogP contribution in [0.25, 0.3) is 0 Å². The van der Waals surface area contributed by atoms with E-state index < -0.39 is 0 Å². The van der Waals surface area contributed by atoms with E-state index in [-0.39, 0.29) is 0 Å². The Morgan fingerprint density at radius 1 is 1.58 bits per heavy atom. The predicted octanol–water partition coefficient (Wildman–Crippen LogP) is 1.03. The standard InChI is InChI=1S/C10H17NO/c1-2-3-7-12-9-10-5-4-6-11-8-10/h10-11H,4-9H2,1H3. The minimum atomic E-state index is 0.590. The van der Waals surface area contributed by atoms with Crippen molar-refractivity contribution in [3.8, 4) is 11.8 Å². The van der Waals surface area contributed by atoms with Gasteiger partial charge in [-0.15, -0.1) is 5.92 Å². The van der Waals surface area contributed by atoms with Gasteiger partial charge in [-0.05, 0) is 32.2 Å². The normalized spacial score (nSPS) is 22.9. The van der Waals surface area contributed by atoms with Crippen LogP contribution in [0.1, 0.15) is 19.8 Å². The van der Waals surface area contributed by atoms with Crippen molar-refractivity contribution in [1.29, 1.82) is 0 Å². The Balaban J connectivity index is 2.00. The highest BCUT2D eigenvalue weighted by Gasteiger charge is 2.11. The maximum atomic E-state index is 5.40. The van der Waals surface area contributed by atoms with Crippen molar-refractivity contribution in [2.45, 2.75) is 19.8 Å². The second-order valence-corrected chi connectivity index (χ2v) is 3.15. The average Bonchev–Trinajstić information content (AvgIpc) is 2.14. The topological polar surface area (TPSA) is 21.3 Å². The van der Waals surface area contributed by atoms with Gasteiger partial charge in [0.05, 0.1) is 6.61 Å². The van der Waals surface area contributed by atoms with Crippen LogP contribution in [0.15, 0.2) is 0 Å². The molecule has 2 nitrogen and oxygen atoms in total. The third-order valence-corrected chi connectivity index (χ3v) is 2.10. The number of nitrogens with one attached hydrogen (secondary N) is 1. The quantitative estimate of drug-likeness (QED) is 0.500. The Hall–Kier alpha value is -0.520. The second-order valence-electron chi connectivity index (χ2n) is 3.15. The third kappa shape index (κ3) is 3.75. The first-order valence-corrected chi connectivity index (χ1v) is 4.61. The molecule has 0 aromatic rings. The number of hydrogen-bond acceptors (Lipinski definition) is 2. The van der Waals surface area contributed by atoms with Gasteiger partial charge in [0.2, 0.25) is 0 Å². The molecule has 0 aromatic heterocycles. The molecule has 1 aliphatic rings. The van der Waals surface area contributed by atoms with Crippen LogP contribution in [-0.4, -0.2) is 26.3 Å². The van der Waals surface area contributed by atoms with Gasteiger partial charge < -0.3 is 10.1 Å². The lowest BCUT2D eigenvalue weighted by molar-refractivity contribution is 0.114. The molecular weight excluding hydrogens is 150 g/mol. The summed E-state index contributed by atoms with van der Waals surface area (Å²) in [5, 5.41) is 3.36. The molecule has 1 saturated heterocycles. The molecule has 0 amide bonds. The van der Waals surface area contributed by atoms with E-state index in [1.807, 2.05) is 6.92 Å². The molecular formula is C10H17NO. The Morgan fingerprint density at radius 2 is 2.50 bits per heavy atom. The van der Waals surface area contributed by atoms with Crippen LogP contribution >= 0.6 is 0 Å². The van der Waals surface area contributed by atoms with Crippen molar-refractivity contribution >= 4 is 0 Å². The molecule has 1 heterocycles. The van der Waals surface area contributed by atoms with Gasteiger partial charge in [0.25, 0.3) is 0 Å². The van der Waals surface area contributed by atoms with Gasteiger partial charge in [0.15, 0.2) is 0 Å². The Kier molecular flexibility index (Phi) is 4.82. The zero-order valence-electron chi connectivity index (χ0n) is 7.73. The van der Waals surface area contributed by atoms with Crippen LogP contribution in [-0.2, 0) is 4.74 Å². The van der Waals surface area contributed by atoms with E-state index in [9.17, 15) is 0 Å². The molecule has 1 fully saturated rings. The molecule has 1 unspecified atom stereocenters. The van der Waals surface area contributed by atoms with Crippen LogP contribution < -0.4 is 5.32 Å². The summed E-state index contributed by atoms with van der Waals surface area (Å²) in [6.45, 7) is 5.57. The molecule has 1 rings (SSSR count). The summed E-state index contributed by atoms with van der Waals surface area (Å²) >= 11 is 0. The number of ether oxygens (including phenoxy) is 1. The fraction of sp³-hybridized carbons (Fsp3) is 0.800. The van der Waals surface area contributed by atoms with E-state index in [0.717, 1.165) is 13.2 Å². The van der Waals surface area contributed by atoms with Gasteiger partial charge in [-0.1, -0.05) is 5.92 Å². The fourth-order valence-corrected chi connectivity index (χ4v) is 1.42. The van der Waals surface area contributed by atoms with Gasteiger partial charge in [-0.25, -0.2) is 0 Å². The first-order chi connectivity index (χ1) is 5.93. The highest BCUT2D eigenvalue weighted by molar-refractivity contribution is 4.94. The van der Waals surface area contributed by atoms with E-state index in [2.05, 4.69) is 17.2 Å². The first-order valence-electron chi connectivity index (χ1n) is 4.61. The summed E-state index contributed by atoms with van der Waals surface area (Å²) in [4.78, 5) is 0. The summed E-state index contributed by atoms with van der Waals surface area (Å²) in [5.41, 5.74) is 0. The van der Waals surface area contributed by atoms with E-state index in [1.165, 1.54) is 19.4 Å². The summed E-state index contributed by atoms with van der Waals surface area (Å²) in [7, 11) is 0. The molecule has 0 bridgehead atoms. The molecule has 0 spiro atoms. The second kappa shape index (κ2) is 6.05. The van der Waals surface area contributed by atoms with Crippen molar-refractivity contribution < 1.29 is 4.74 Å². The summed E-state index contributed by atoms with van der Waals surface area (Å²) in [6.07, 6.45) is 2.58. The molecule has 68 valence electrons. The average molecular weight is 167 g/mol. The largest absolute Gasteiger partial charge is 0.368 e. The maximum absolute atomic E-state index is 5.40. The minimum absolute atomic E-state index is 0.590. The number of piperidine rings is 1. The van der Waals surface area contributed by atoms with E-state index in [0.29, 0.717) is 12.5 Å². The molecule has 1 N–H and O–H groups in total. The Labute approximate surface area is 74.7 Å². The molecule has 0 radical (unpaired) electrons. The van der Waals surface area contributed by atoms with Crippen molar-refractivity contribution in [1.82, 2.24) is 5.32 Å². The van der Waals surface area contributed by atoms with Crippen LogP contribution in [0.3, 0.4) is 0 Å². The van der Waals surface area contributed by atoms with Crippen LogP contribution in [0.2, 0.25) is 0 Å². The van der Waals surface area contributed by atoms with E-state index in [1.54, 1.807) is 0 Å². The third-order valence-electron chi connectivity index (χ3n) is 2.10. The van der Waals surface area contributed by atoms with Gasteiger partial charge in [-0.2, -0.15) is 0 Å². The van der Waals surface area contributed by atoms with Gasteiger partial charge >= 0.3 is 0 Å². The van der Waals surface area contributed by atoms with Gasteiger partial charge in [0, 0.05) is 6.54 Å².